The fourth-order valence-corrected chi connectivity index (χ4v) is 4.10. The minimum atomic E-state index is 0.0696. The highest BCUT2D eigenvalue weighted by atomic mass is 79.9. The summed E-state index contributed by atoms with van der Waals surface area (Å²) in [6, 6.07) is 8.02. The lowest BCUT2D eigenvalue weighted by atomic mass is 10.2. The van der Waals surface area contributed by atoms with Crippen LogP contribution in [0.2, 0.25) is 0 Å². The number of thioether (sulfide) groups is 1. The summed E-state index contributed by atoms with van der Waals surface area (Å²) in [7, 11) is 0. The minimum absolute atomic E-state index is 0.0696. The number of nitrogens with one attached hydrogen (secondary N) is 1. The standard InChI is InChI=1S/C18H23BrN4O2S/c1-2-23-16(11-25-15-9-7-13(19)8-10-15)21-22-18(23)26-12-17(24)20-14-5-3-4-6-14/h7-10,14H,2-6,11-12H2,1H3,(H,20,24). The monoisotopic (exact) mass is 438 g/mol. The zero-order valence-electron chi connectivity index (χ0n) is 14.8. The number of rotatable bonds is 8. The van der Waals surface area contributed by atoms with Gasteiger partial charge in [-0.05, 0) is 44.0 Å². The van der Waals surface area contributed by atoms with Crippen molar-refractivity contribution in [2.75, 3.05) is 5.75 Å². The maximum absolute atomic E-state index is 12.1. The molecule has 140 valence electrons. The largest absolute Gasteiger partial charge is 0.486 e. The molecule has 1 saturated carbocycles. The van der Waals surface area contributed by atoms with Crippen LogP contribution >= 0.6 is 27.7 Å². The molecule has 1 amide bonds. The number of benzene rings is 1. The Labute approximate surface area is 166 Å². The van der Waals surface area contributed by atoms with Crippen LogP contribution in [0.4, 0.5) is 0 Å². The second-order valence-electron chi connectivity index (χ2n) is 6.22. The number of carbonyl (C=O) groups is 1. The van der Waals surface area contributed by atoms with Crippen molar-refractivity contribution in [3.63, 3.8) is 0 Å². The summed E-state index contributed by atoms with van der Waals surface area (Å²) in [5, 5.41) is 12.3. The van der Waals surface area contributed by atoms with Crippen LogP contribution in [0.3, 0.4) is 0 Å². The number of hydrogen-bond acceptors (Lipinski definition) is 5. The van der Waals surface area contributed by atoms with Gasteiger partial charge in [0.15, 0.2) is 11.0 Å². The summed E-state index contributed by atoms with van der Waals surface area (Å²) in [4.78, 5) is 12.1. The van der Waals surface area contributed by atoms with Crippen LogP contribution in [-0.4, -0.2) is 32.5 Å². The highest BCUT2D eigenvalue weighted by Crippen LogP contribution is 2.21. The maximum Gasteiger partial charge on any atom is 0.230 e. The molecular weight excluding hydrogens is 416 g/mol. The van der Waals surface area contributed by atoms with E-state index in [-0.39, 0.29) is 5.91 Å². The van der Waals surface area contributed by atoms with Gasteiger partial charge in [0.25, 0.3) is 0 Å². The topological polar surface area (TPSA) is 69.0 Å². The molecule has 1 N–H and O–H groups in total. The van der Waals surface area contributed by atoms with Gasteiger partial charge in [-0.25, -0.2) is 0 Å². The molecule has 0 saturated heterocycles. The Morgan fingerprint density at radius 3 is 2.73 bits per heavy atom. The smallest absolute Gasteiger partial charge is 0.230 e. The molecule has 0 bridgehead atoms. The van der Waals surface area contributed by atoms with Crippen LogP contribution in [0.5, 0.6) is 5.75 Å². The fourth-order valence-electron chi connectivity index (χ4n) is 3.00. The van der Waals surface area contributed by atoms with Crippen molar-refractivity contribution in [1.29, 1.82) is 0 Å². The van der Waals surface area contributed by atoms with Gasteiger partial charge >= 0.3 is 0 Å². The zero-order valence-corrected chi connectivity index (χ0v) is 17.2. The molecule has 8 heteroatoms. The van der Waals surface area contributed by atoms with E-state index in [1.807, 2.05) is 35.8 Å². The Bertz CT molecular complexity index is 729. The lowest BCUT2D eigenvalue weighted by Gasteiger charge is -2.12. The van der Waals surface area contributed by atoms with Gasteiger partial charge in [-0.1, -0.05) is 40.5 Å². The van der Waals surface area contributed by atoms with Crippen LogP contribution in [0.25, 0.3) is 0 Å². The van der Waals surface area contributed by atoms with Crippen LogP contribution in [0.1, 0.15) is 38.4 Å². The van der Waals surface area contributed by atoms with Crippen molar-refractivity contribution < 1.29 is 9.53 Å². The molecule has 6 nitrogen and oxygen atoms in total. The third kappa shape index (κ3) is 5.23. The normalized spacial score (nSPS) is 14.5. The molecule has 0 spiro atoms. The van der Waals surface area contributed by atoms with E-state index in [1.54, 1.807) is 0 Å². The number of amides is 1. The Hall–Kier alpha value is -1.54. The molecule has 1 heterocycles. The van der Waals surface area contributed by atoms with Gasteiger partial charge in [0.05, 0.1) is 5.75 Å². The molecule has 1 aromatic carbocycles. The number of carbonyl (C=O) groups excluding carboxylic acids is 1. The number of nitrogens with zero attached hydrogens (tertiary/aromatic N) is 3. The summed E-state index contributed by atoms with van der Waals surface area (Å²) < 4.78 is 8.79. The predicted molar refractivity (Wildman–Crippen MR) is 105 cm³/mol. The van der Waals surface area contributed by atoms with Gasteiger partial charge in [0.2, 0.25) is 5.91 Å². The Morgan fingerprint density at radius 1 is 1.31 bits per heavy atom. The van der Waals surface area contributed by atoms with E-state index in [1.165, 1.54) is 24.6 Å². The molecule has 1 fully saturated rings. The molecule has 0 unspecified atom stereocenters. The summed E-state index contributed by atoms with van der Waals surface area (Å²) in [6.07, 6.45) is 4.62. The van der Waals surface area contributed by atoms with Crippen LogP contribution < -0.4 is 10.1 Å². The number of aromatic nitrogens is 3. The Morgan fingerprint density at radius 2 is 2.04 bits per heavy atom. The van der Waals surface area contributed by atoms with E-state index >= 15 is 0 Å². The summed E-state index contributed by atoms with van der Waals surface area (Å²) >= 11 is 4.83. The minimum Gasteiger partial charge on any atom is -0.486 e. The van der Waals surface area contributed by atoms with Crippen molar-refractivity contribution >= 4 is 33.6 Å². The molecule has 3 rings (SSSR count). The van der Waals surface area contributed by atoms with E-state index in [4.69, 9.17) is 4.74 Å². The summed E-state index contributed by atoms with van der Waals surface area (Å²) in [5.74, 6) is 1.97. The second-order valence-corrected chi connectivity index (χ2v) is 8.08. The SMILES string of the molecule is CCn1c(COc2ccc(Br)cc2)nnc1SCC(=O)NC1CCCC1. The number of hydrogen-bond donors (Lipinski definition) is 1. The maximum atomic E-state index is 12.1. The average molecular weight is 439 g/mol. The van der Waals surface area contributed by atoms with Crippen molar-refractivity contribution in [3.05, 3.63) is 34.6 Å². The van der Waals surface area contributed by atoms with Crippen molar-refractivity contribution in [2.45, 2.75) is 57.0 Å². The van der Waals surface area contributed by atoms with E-state index in [0.717, 1.165) is 40.6 Å². The first-order valence-electron chi connectivity index (χ1n) is 8.88. The summed E-state index contributed by atoms with van der Waals surface area (Å²) in [6.45, 7) is 3.12. The lowest BCUT2D eigenvalue weighted by molar-refractivity contribution is -0.119. The average Bonchev–Trinajstić information content (AvgIpc) is 3.28. The molecule has 0 atom stereocenters. The van der Waals surface area contributed by atoms with Crippen molar-refractivity contribution in [3.8, 4) is 5.75 Å². The Balaban J connectivity index is 1.53. The van der Waals surface area contributed by atoms with Crippen molar-refractivity contribution in [1.82, 2.24) is 20.1 Å². The van der Waals surface area contributed by atoms with E-state index in [9.17, 15) is 4.79 Å². The van der Waals surface area contributed by atoms with Crippen LogP contribution in [0, 0.1) is 0 Å². The lowest BCUT2D eigenvalue weighted by Crippen LogP contribution is -2.33. The van der Waals surface area contributed by atoms with E-state index in [2.05, 4.69) is 31.4 Å². The van der Waals surface area contributed by atoms with Crippen LogP contribution in [0.15, 0.2) is 33.9 Å². The van der Waals surface area contributed by atoms with Gasteiger partial charge in [-0.15, -0.1) is 10.2 Å². The van der Waals surface area contributed by atoms with Crippen molar-refractivity contribution in [2.24, 2.45) is 0 Å². The highest BCUT2D eigenvalue weighted by molar-refractivity contribution is 9.10. The molecule has 1 aliphatic rings. The third-order valence-corrected chi connectivity index (χ3v) is 5.84. The molecular formula is C18H23BrN4O2S. The Kier molecular flexibility index (Phi) is 6.96. The molecule has 0 radical (unpaired) electrons. The molecule has 2 aromatic rings. The van der Waals surface area contributed by atoms with Gasteiger partial charge in [-0.2, -0.15) is 0 Å². The first-order chi connectivity index (χ1) is 12.7. The predicted octanol–water partition coefficient (Wildman–Crippen LogP) is 3.79. The van der Waals surface area contributed by atoms with E-state index in [0.29, 0.717) is 18.4 Å². The first-order valence-corrected chi connectivity index (χ1v) is 10.7. The first kappa shape index (κ1) is 19.2. The molecule has 26 heavy (non-hydrogen) atoms. The number of halogens is 1. The van der Waals surface area contributed by atoms with Gasteiger partial charge < -0.3 is 14.6 Å². The van der Waals surface area contributed by atoms with E-state index < -0.39 is 0 Å². The van der Waals surface area contributed by atoms with Crippen LogP contribution in [-0.2, 0) is 17.9 Å². The van der Waals surface area contributed by atoms with Gasteiger partial charge in [0.1, 0.15) is 12.4 Å². The highest BCUT2D eigenvalue weighted by Gasteiger charge is 2.18. The quantitative estimate of drug-likeness (QED) is 0.634. The molecule has 0 aliphatic heterocycles. The zero-order chi connectivity index (χ0) is 18.4. The third-order valence-electron chi connectivity index (χ3n) is 4.34. The number of ether oxygens (including phenoxy) is 1. The molecule has 1 aromatic heterocycles. The fraction of sp³-hybridized carbons (Fsp3) is 0.500. The van der Waals surface area contributed by atoms with Gasteiger partial charge in [-0.3, -0.25) is 4.79 Å². The molecule has 1 aliphatic carbocycles. The summed E-state index contributed by atoms with van der Waals surface area (Å²) in [5.41, 5.74) is 0. The van der Waals surface area contributed by atoms with Gasteiger partial charge in [0, 0.05) is 17.1 Å². The second kappa shape index (κ2) is 9.41.